The largest absolute Gasteiger partial charge is 0.459 e. The van der Waals surface area contributed by atoms with Crippen molar-refractivity contribution >= 4 is 5.97 Å². The molecule has 2 N–H and O–H groups in total. The molecule has 82 valence electrons. The number of carbonyl (C=O) groups excluding carboxylic acids is 1. The van der Waals surface area contributed by atoms with Crippen molar-refractivity contribution in [2.24, 2.45) is 0 Å². The summed E-state index contributed by atoms with van der Waals surface area (Å²) in [5.41, 5.74) is 0.863. The van der Waals surface area contributed by atoms with E-state index in [1.807, 2.05) is 30.3 Å². The van der Waals surface area contributed by atoms with Gasteiger partial charge in [0.15, 0.2) is 6.10 Å². The first-order valence-corrected chi connectivity index (χ1v) is 4.73. The molecule has 1 aromatic carbocycles. The Morgan fingerprint density at radius 3 is 2.60 bits per heavy atom. The van der Waals surface area contributed by atoms with Crippen LogP contribution in [0.25, 0.3) is 0 Å². The summed E-state index contributed by atoms with van der Waals surface area (Å²) in [7, 11) is 0. The summed E-state index contributed by atoms with van der Waals surface area (Å²) in [5.74, 6) is -0.701. The van der Waals surface area contributed by atoms with Crippen LogP contribution in [0.1, 0.15) is 12.0 Å². The van der Waals surface area contributed by atoms with E-state index in [4.69, 9.17) is 14.9 Å². The van der Waals surface area contributed by atoms with Gasteiger partial charge in [-0.25, -0.2) is 4.79 Å². The second-order valence-corrected chi connectivity index (χ2v) is 3.12. The van der Waals surface area contributed by atoms with Gasteiger partial charge in [-0.3, -0.25) is 0 Å². The number of rotatable bonds is 5. The molecule has 0 aliphatic rings. The fourth-order valence-electron chi connectivity index (χ4n) is 1.07. The van der Waals surface area contributed by atoms with Gasteiger partial charge in [-0.1, -0.05) is 30.3 Å². The molecule has 15 heavy (non-hydrogen) atoms. The average molecular weight is 210 g/mol. The van der Waals surface area contributed by atoms with Crippen LogP contribution in [-0.2, 0) is 16.1 Å². The lowest BCUT2D eigenvalue weighted by Gasteiger charge is -2.09. The van der Waals surface area contributed by atoms with Crippen molar-refractivity contribution in [3.05, 3.63) is 35.9 Å². The lowest BCUT2D eigenvalue weighted by atomic mass is 10.2. The third kappa shape index (κ3) is 4.10. The first-order valence-electron chi connectivity index (χ1n) is 4.73. The normalized spacial score (nSPS) is 12.1. The van der Waals surface area contributed by atoms with E-state index < -0.39 is 12.1 Å². The number of hydrogen-bond donors (Lipinski definition) is 2. The number of ether oxygens (including phenoxy) is 1. The van der Waals surface area contributed by atoms with E-state index in [1.54, 1.807) is 0 Å². The van der Waals surface area contributed by atoms with Crippen molar-refractivity contribution in [3.63, 3.8) is 0 Å². The Morgan fingerprint density at radius 2 is 2.00 bits per heavy atom. The maximum absolute atomic E-state index is 11.1. The molecular weight excluding hydrogens is 196 g/mol. The van der Waals surface area contributed by atoms with Gasteiger partial charge in [-0.15, -0.1) is 0 Å². The van der Waals surface area contributed by atoms with Gasteiger partial charge in [-0.2, -0.15) is 0 Å². The van der Waals surface area contributed by atoms with Gasteiger partial charge >= 0.3 is 5.97 Å². The van der Waals surface area contributed by atoms with Gasteiger partial charge in [0.1, 0.15) is 6.61 Å². The molecule has 4 nitrogen and oxygen atoms in total. The Bertz CT molecular complexity index is 297. The van der Waals surface area contributed by atoms with Crippen molar-refractivity contribution in [3.8, 4) is 0 Å². The topological polar surface area (TPSA) is 66.8 Å². The molecule has 1 atom stereocenters. The van der Waals surface area contributed by atoms with Crippen LogP contribution in [-0.4, -0.2) is 28.9 Å². The fourth-order valence-corrected chi connectivity index (χ4v) is 1.07. The summed E-state index contributed by atoms with van der Waals surface area (Å²) in [6.07, 6.45) is -1.23. The van der Waals surface area contributed by atoms with Gasteiger partial charge < -0.3 is 14.9 Å². The highest BCUT2D eigenvalue weighted by Gasteiger charge is 2.15. The standard InChI is InChI=1S/C11H14O4/c12-7-6-10(13)11(14)15-8-9-4-2-1-3-5-9/h1-5,10,12-13H,6-8H2/t10-/m0/s1. The molecule has 0 aliphatic carbocycles. The van der Waals surface area contributed by atoms with Gasteiger partial charge in [0.2, 0.25) is 0 Å². The van der Waals surface area contributed by atoms with E-state index in [0.717, 1.165) is 5.56 Å². The number of aliphatic hydroxyl groups is 2. The second-order valence-electron chi connectivity index (χ2n) is 3.12. The van der Waals surface area contributed by atoms with E-state index in [9.17, 15) is 4.79 Å². The van der Waals surface area contributed by atoms with Crippen molar-refractivity contribution < 1.29 is 19.7 Å². The van der Waals surface area contributed by atoms with Crippen molar-refractivity contribution in [1.29, 1.82) is 0 Å². The predicted octanol–water partition coefficient (Wildman–Crippen LogP) is 0.473. The molecule has 0 saturated carbocycles. The number of hydrogen-bond acceptors (Lipinski definition) is 4. The molecule has 0 saturated heterocycles. The summed E-state index contributed by atoms with van der Waals surface area (Å²) in [6.45, 7) is -0.0935. The van der Waals surface area contributed by atoms with Gasteiger partial charge in [-0.05, 0) is 5.56 Å². The van der Waals surface area contributed by atoms with Crippen molar-refractivity contribution in [2.45, 2.75) is 19.1 Å². The summed E-state index contributed by atoms with van der Waals surface area (Å²) >= 11 is 0. The summed E-state index contributed by atoms with van der Waals surface area (Å²) in [4.78, 5) is 11.1. The smallest absolute Gasteiger partial charge is 0.335 e. The molecule has 0 aromatic heterocycles. The molecule has 0 fully saturated rings. The van der Waals surface area contributed by atoms with Crippen LogP contribution >= 0.6 is 0 Å². The highest BCUT2D eigenvalue weighted by atomic mass is 16.5. The molecule has 0 radical (unpaired) electrons. The predicted molar refractivity (Wildman–Crippen MR) is 53.9 cm³/mol. The van der Waals surface area contributed by atoms with Crippen LogP contribution in [0.4, 0.5) is 0 Å². The highest BCUT2D eigenvalue weighted by molar-refractivity contribution is 5.74. The zero-order valence-corrected chi connectivity index (χ0v) is 8.30. The zero-order chi connectivity index (χ0) is 11.1. The molecule has 1 aromatic rings. The lowest BCUT2D eigenvalue weighted by Crippen LogP contribution is -2.23. The number of aliphatic hydroxyl groups excluding tert-OH is 2. The fraction of sp³-hybridized carbons (Fsp3) is 0.364. The average Bonchev–Trinajstić information content (AvgIpc) is 2.27. The third-order valence-electron chi connectivity index (χ3n) is 1.90. The maximum atomic E-state index is 11.1. The third-order valence-corrected chi connectivity index (χ3v) is 1.90. The summed E-state index contributed by atoms with van der Waals surface area (Å²) < 4.78 is 4.84. The van der Waals surface area contributed by atoms with E-state index in [-0.39, 0.29) is 19.6 Å². The minimum atomic E-state index is -1.24. The molecule has 0 unspecified atom stereocenters. The second kappa shape index (κ2) is 6.16. The quantitative estimate of drug-likeness (QED) is 0.693. The van der Waals surface area contributed by atoms with Crippen LogP contribution in [0, 0.1) is 0 Å². The first-order chi connectivity index (χ1) is 7.24. The Morgan fingerprint density at radius 1 is 1.33 bits per heavy atom. The maximum Gasteiger partial charge on any atom is 0.335 e. The number of benzene rings is 1. The van der Waals surface area contributed by atoms with Crippen molar-refractivity contribution in [2.75, 3.05) is 6.61 Å². The van der Waals surface area contributed by atoms with Crippen molar-refractivity contribution in [1.82, 2.24) is 0 Å². The van der Waals surface area contributed by atoms with Gasteiger partial charge in [0.25, 0.3) is 0 Å². The Kier molecular flexibility index (Phi) is 4.80. The summed E-state index contributed by atoms with van der Waals surface area (Å²) in [6, 6.07) is 9.20. The summed E-state index contributed by atoms with van der Waals surface area (Å²) in [5, 5.41) is 17.7. The van der Waals surface area contributed by atoms with Crippen LogP contribution in [0.2, 0.25) is 0 Å². The SMILES string of the molecule is O=C(OCc1ccccc1)[C@@H](O)CCO. The van der Waals surface area contributed by atoms with Gasteiger partial charge in [0, 0.05) is 13.0 Å². The Labute approximate surface area is 88.1 Å². The van der Waals surface area contributed by atoms with Crippen LogP contribution < -0.4 is 0 Å². The minimum Gasteiger partial charge on any atom is -0.459 e. The molecule has 0 aliphatic heterocycles. The highest BCUT2D eigenvalue weighted by Crippen LogP contribution is 2.02. The lowest BCUT2D eigenvalue weighted by molar-refractivity contribution is -0.155. The number of esters is 1. The van der Waals surface area contributed by atoms with Crippen LogP contribution in [0.15, 0.2) is 30.3 Å². The zero-order valence-electron chi connectivity index (χ0n) is 8.30. The molecule has 0 amide bonds. The molecular formula is C11H14O4. The van der Waals surface area contributed by atoms with E-state index in [1.165, 1.54) is 0 Å². The van der Waals surface area contributed by atoms with E-state index in [0.29, 0.717) is 0 Å². The van der Waals surface area contributed by atoms with E-state index >= 15 is 0 Å². The molecule has 0 heterocycles. The molecule has 1 rings (SSSR count). The monoisotopic (exact) mass is 210 g/mol. The number of carbonyl (C=O) groups is 1. The van der Waals surface area contributed by atoms with Crippen LogP contribution in [0.3, 0.4) is 0 Å². The first kappa shape index (κ1) is 11.7. The Balaban J connectivity index is 2.34. The molecule has 0 bridgehead atoms. The van der Waals surface area contributed by atoms with E-state index in [2.05, 4.69) is 0 Å². The molecule has 0 spiro atoms. The van der Waals surface area contributed by atoms with Crippen LogP contribution in [0.5, 0.6) is 0 Å². The van der Waals surface area contributed by atoms with Gasteiger partial charge in [0.05, 0.1) is 0 Å². The molecule has 4 heteroatoms. The minimum absolute atomic E-state index is 0.00756. The Hall–Kier alpha value is -1.39.